The molecule has 1 saturated heterocycles. The van der Waals surface area contributed by atoms with E-state index in [4.69, 9.17) is 0 Å². The summed E-state index contributed by atoms with van der Waals surface area (Å²) in [6.45, 7) is 9.32. The van der Waals surface area contributed by atoms with Crippen LogP contribution in [0.1, 0.15) is 46.0 Å². The number of nitrogens with one attached hydrogen (secondary N) is 1. The summed E-state index contributed by atoms with van der Waals surface area (Å²) in [6, 6.07) is 1.33. The van der Waals surface area contributed by atoms with Crippen LogP contribution in [-0.4, -0.2) is 72.4 Å². The molecule has 0 amide bonds. The zero-order valence-corrected chi connectivity index (χ0v) is 13.6. The first-order valence-corrected chi connectivity index (χ1v) is 8.44. The third-order valence-electron chi connectivity index (χ3n) is 5.32. The van der Waals surface area contributed by atoms with Crippen molar-refractivity contribution in [2.24, 2.45) is 0 Å². The second-order valence-electron chi connectivity index (χ2n) is 6.78. The van der Waals surface area contributed by atoms with Crippen molar-refractivity contribution in [2.75, 3.05) is 39.8 Å². The first-order chi connectivity index (χ1) is 9.64. The molecule has 2 aliphatic rings. The lowest BCUT2D eigenvalue weighted by Gasteiger charge is -2.36. The standard InChI is InChI=1S/C16H33N3O/c1-4-14-12-18(3)9-6-10-19(14)15-7-8-16(11-15,13-20)17-5-2/h14-15,17,20H,4-13H2,1-3H3. The summed E-state index contributed by atoms with van der Waals surface area (Å²) >= 11 is 0. The number of nitrogens with zero attached hydrogens (tertiary/aromatic N) is 2. The van der Waals surface area contributed by atoms with Crippen LogP contribution in [0.3, 0.4) is 0 Å². The second kappa shape index (κ2) is 7.21. The Bertz CT molecular complexity index is 299. The largest absolute Gasteiger partial charge is 0.394 e. The highest BCUT2D eigenvalue weighted by molar-refractivity contribution is 5.00. The van der Waals surface area contributed by atoms with Crippen molar-refractivity contribution < 1.29 is 5.11 Å². The fraction of sp³-hybridized carbons (Fsp3) is 1.00. The molecule has 0 radical (unpaired) electrons. The van der Waals surface area contributed by atoms with Crippen molar-refractivity contribution in [1.82, 2.24) is 15.1 Å². The summed E-state index contributed by atoms with van der Waals surface area (Å²) in [6.07, 6.45) is 5.96. The quantitative estimate of drug-likeness (QED) is 0.798. The molecule has 0 spiro atoms. The molecule has 118 valence electrons. The van der Waals surface area contributed by atoms with Crippen LogP contribution in [0.4, 0.5) is 0 Å². The van der Waals surface area contributed by atoms with Crippen LogP contribution in [0.15, 0.2) is 0 Å². The predicted molar refractivity (Wildman–Crippen MR) is 84.0 cm³/mol. The topological polar surface area (TPSA) is 38.7 Å². The maximum atomic E-state index is 9.80. The minimum Gasteiger partial charge on any atom is -0.394 e. The average Bonchev–Trinajstić information content (AvgIpc) is 2.77. The molecular formula is C16H33N3O. The number of hydrogen-bond acceptors (Lipinski definition) is 4. The fourth-order valence-electron chi connectivity index (χ4n) is 4.22. The van der Waals surface area contributed by atoms with Gasteiger partial charge in [-0.25, -0.2) is 0 Å². The van der Waals surface area contributed by atoms with E-state index >= 15 is 0 Å². The highest BCUT2D eigenvalue weighted by Gasteiger charge is 2.41. The van der Waals surface area contributed by atoms with Gasteiger partial charge < -0.3 is 15.3 Å². The maximum absolute atomic E-state index is 9.80. The molecule has 3 atom stereocenters. The lowest BCUT2D eigenvalue weighted by atomic mass is 9.98. The molecule has 4 heteroatoms. The molecule has 20 heavy (non-hydrogen) atoms. The Labute approximate surface area is 124 Å². The molecule has 0 aromatic heterocycles. The van der Waals surface area contributed by atoms with E-state index in [0.29, 0.717) is 12.1 Å². The van der Waals surface area contributed by atoms with Crippen molar-refractivity contribution in [2.45, 2.75) is 63.6 Å². The number of likely N-dealkylation sites (N-methyl/N-ethyl adjacent to an activating group) is 2. The fourth-order valence-corrected chi connectivity index (χ4v) is 4.22. The average molecular weight is 283 g/mol. The molecule has 1 aliphatic carbocycles. The normalized spacial score (nSPS) is 37.2. The summed E-state index contributed by atoms with van der Waals surface area (Å²) in [7, 11) is 2.25. The predicted octanol–water partition coefficient (Wildman–Crippen LogP) is 1.30. The van der Waals surface area contributed by atoms with Gasteiger partial charge >= 0.3 is 0 Å². The Hall–Kier alpha value is -0.160. The number of rotatable bonds is 5. The summed E-state index contributed by atoms with van der Waals surface area (Å²) in [5, 5.41) is 13.3. The van der Waals surface area contributed by atoms with Crippen LogP contribution in [0, 0.1) is 0 Å². The number of aliphatic hydroxyl groups excluding tert-OH is 1. The summed E-state index contributed by atoms with van der Waals surface area (Å²) < 4.78 is 0. The number of aliphatic hydroxyl groups is 1. The van der Waals surface area contributed by atoms with E-state index < -0.39 is 0 Å². The molecule has 4 nitrogen and oxygen atoms in total. The Kier molecular flexibility index (Phi) is 5.84. The van der Waals surface area contributed by atoms with E-state index in [1.54, 1.807) is 0 Å². The van der Waals surface area contributed by atoms with Gasteiger partial charge in [0.2, 0.25) is 0 Å². The highest BCUT2D eigenvalue weighted by Crippen LogP contribution is 2.34. The minimum absolute atomic E-state index is 0.0179. The third-order valence-corrected chi connectivity index (χ3v) is 5.32. The first kappa shape index (κ1) is 16.2. The van der Waals surface area contributed by atoms with Crippen molar-refractivity contribution >= 4 is 0 Å². The summed E-state index contributed by atoms with van der Waals surface area (Å²) in [5.74, 6) is 0. The zero-order chi connectivity index (χ0) is 14.6. The van der Waals surface area contributed by atoms with Gasteiger partial charge in [-0.15, -0.1) is 0 Å². The van der Waals surface area contributed by atoms with E-state index in [1.807, 2.05) is 0 Å². The molecule has 2 rings (SSSR count). The Morgan fingerprint density at radius 1 is 1.30 bits per heavy atom. The third kappa shape index (κ3) is 3.53. The molecule has 1 saturated carbocycles. The molecule has 2 fully saturated rings. The smallest absolute Gasteiger partial charge is 0.0613 e. The van der Waals surface area contributed by atoms with E-state index in [-0.39, 0.29) is 12.1 Å². The Morgan fingerprint density at radius 2 is 2.10 bits per heavy atom. The first-order valence-electron chi connectivity index (χ1n) is 8.44. The summed E-state index contributed by atoms with van der Waals surface area (Å²) in [4.78, 5) is 5.23. The van der Waals surface area contributed by atoms with E-state index in [2.05, 4.69) is 36.0 Å². The van der Waals surface area contributed by atoms with Gasteiger partial charge in [-0.05, 0) is 58.8 Å². The van der Waals surface area contributed by atoms with Gasteiger partial charge in [-0.3, -0.25) is 4.90 Å². The van der Waals surface area contributed by atoms with Gasteiger partial charge in [-0.1, -0.05) is 13.8 Å². The van der Waals surface area contributed by atoms with Crippen molar-refractivity contribution in [1.29, 1.82) is 0 Å². The molecule has 1 heterocycles. The zero-order valence-electron chi connectivity index (χ0n) is 13.6. The van der Waals surface area contributed by atoms with Crippen LogP contribution in [0.5, 0.6) is 0 Å². The molecule has 0 bridgehead atoms. The molecule has 2 N–H and O–H groups in total. The molecule has 0 aromatic carbocycles. The lowest BCUT2D eigenvalue weighted by Crippen LogP contribution is -2.50. The van der Waals surface area contributed by atoms with Crippen LogP contribution >= 0.6 is 0 Å². The molecule has 3 unspecified atom stereocenters. The van der Waals surface area contributed by atoms with Crippen LogP contribution < -0.4 is 5.32 Å². The van der Waals surface area contributed by atoms with Gasteiger partial charge in [-0.2, -0.15) is 0 Å². The van der Waals surface area contributed by atoms with Crippen molar-refractivity contribution in [3.8, 4) is 0 Å². The van der Waals surface area contributed by atoms with Gasteiger partial charge in [0.15, 0.2) is 0 Å². The summed E-state index contributed by atoms with van der Waals surface area (Å²) in [5.41, 5.74) is -0.0179. The number of hydrogen-bond donors (Lipinski definition) is 2. The second-order valence-corrected chi connectivity index (χ2v) is 6.78. The van der Waals surface area contributed by atoms with Crippen molar-refractivity contribution in [3.63, 3.8) is 0 Å². The van der Waals surface area contributed by atoms with E-state index in [9.17, 15) is 5.11 Å². The van der Waals surface area contributed by atoms with Crippen molar-refractivity contribution in [3.05, 3.63) is 0 Å². The molecule has 1 aliphatic heterocycles. The SMILES string of the molecule is CCNC1(CO)CCC(N2CCCN(C)CC2CC)C1. The molecule has 0 aromatic rings. The van der Waals surface area contributed by atoms with Gasteiger partial charge in [0.25, 0.3) is 0 Å². The van der Waals surface area contributed by atoms with E-state index in [1.165, 1.54) is 38.9 Å². The highest BCUT2D eigenvalue weighted by atomic mass is 16.3. The van der Waals surface area contributed by atoms with E-state index in [0.717, 1.165) is 19.4 Å². The maximum Gasteiger partial charge on any atom is 0.0613 e. The van der Waals surface area contributed by atoms with Crippen LogP contribution in [0.2, 0.25) is 0 Å². The minimum atomic E-state index is -0.0179. The van der Waals surface area contributed by atoms with Gasteiger partial charge in [0.05, 0.1) is 6.61 Å². The van der Waals surface area contributed by atoms with Gasteiger partial charge in [0, 0.05) is 24.2 Å². The monoisotopic (exact) mass is 283 g/mol. The Balaban J connectivity index is 2.03. The van der Waals surface area contributed by atoms with Crippen LogP contribution in [0.25, 0.3) is 0 Å². The van der Waals surface area contributed by atoms with Crippen LogP contribution in [-0.2, 0) is 0 Å². The van der Waals surface area contributed by atoms with Gasteiger partial charge in [0.1, 0.15) is 0 Å². The lowest BCUT2D eigenvalue weighted by molar-refractivity contribution is 0.111. The molecular weight excluding hydrogens is 250 g/mol. The Morgan fingerprint density at radius 3 is 2.75 bits per heavy atom.